The molecule has 0 fully saturated rings. The van der Waals surface area contributed by atoms with E-state index in [4.69, 9.17) is 10.2 Å². The molecule has 5 heteroatoms. The van der Waals surface area contributed by atoms with Crippen molar-refractivity contribution in [1.29, 1.82) is 0 Å². The second kappa shape index (κ2) is 6.28. The first-order valence-electron chi connectivity index (χ1n) is 6.04. The zero-order chi connectivity index (χ0) is 12.8. The SMILES string of the molecule is OCCCCn1cc(-c2ccc(CO)cc2)nn1. The van der Waals surface area contributed by atoms with Gasteiger partial charge in [-0.25, -0.2) is 0 Å². The molecule has 1 aromatic carbocycles. The molecule has 2 N–H and O–H groups in total. The minimum absolute atomic E-state index is 0.0497. The molecule has 0 amide bonds. The molecule has 1 aromatic heterocycles. The van der Waals surface area contributed by atoms with Gasteiger partial charge in [-0.15, -0.1) is 5.10 Å². The Kier molecular flexibility index (Phi) is 4.44. The van der Waals surface area contributed by atoms with Crippen molar-refractivity contribution < 1.29 is 10.2 Å². The lowest BCUT2D eigenvalue weighted by Gasteiger charge is -1.99. The molecule has 0 unspecified atom stereocenters. The highest BCUT2D eigenvalue weighted by Gasteiger charge is 2.03. The Morgan fingerprint density at radius 1 is 1.06 bits per heavy atom. The first kappa shape index (κ1) is 12.7. The van der Waals surface area contributed by atoms with Crippen LogP contribution in [0.4, 0.5) is 0 Å². The van der Waals surface area contributed by atoms with Crippen molar-refractivity contribution in [2.24, 2.45) is 0 Å². The van der Waals surface area contributed by atoms with E-state index in [9.17, 15) is 0 Å². The quantitative estimate of drug-likeness (QED) is 0.753. The number of benzene rings is 1. The zero-order valence-corrected chi connectivity index (χ0v) is 10.2. The van der Waals surface area contributed by atoms with Gasteiger partial charge in [-0.2, -0.15) is 0 Å². The van der Waals surface area contributed by atoms with Crippen molar-refractivity contribution in [1.82, 2.24) is 15.0 Å². The number of aryl methyl sites for hydroxylation is 1. The van der Waals surface area contributed by atoms with Crippen molar-refractivity contribution in [3.8, 4) is 11.3 Å². The lowest BCUT2D eigenvalue weighted by molar-refractivity contribution is 0.280. The summed E-state index contributed by atoms with van der Waals surface area (Å²) in [7, 11) is 0. The summed E-state index contributed by atoms with van der Waals surface area (Å²) in [5.41, 5.74) is 2.69. The van der Waals surface area contributed by atoms with Crippen LogP contribution in [0.1, 0.15) is 18.4 Å². The van der Waals surface area contributed by atoms with Gasteiger partial charge in [0.05, 0.1) is 12.8 Å². The average molecular weight is 247 g/mol. The van der Waals surface area contributed by atoms with Gasteiger partial charge >= 0.3 is 0 Å². The van der Waals surface area contributed by atoms with Gasteiger partial charge in [0, 0.05) is 18.7 Å². The minimum atomic E-state index is 0.0497. The van der Waals surface area contributed by atoms with Crippen LogP contribution in [0.5, 0.6) is 0 Å². The maximum absolute atomic E-state index is 8.97. The van der Waals surface area contributed by atoms with E-state index in [0.29, 0.717) is 0 Å². The molecule has 5 nitrogen and oxygen atoms in total. The third kappa shape index (κ3) is 3.15. The number of aliphatic hydroxyl groups excluding tert-OH is 2. The van der Waals surface area contributed by atoms with Gasteiger partial charge in [0.25, 0.3) is 0 Å². The summed E-state index contributed by atoms with van der Waals surface area (Å²) in [6.45, 7) is 1.03. The molecule has 0 aliphatic heterocycles. The first-order valence-corrected chi connectivity index (χ1v) is 6.04. The molecule has 0 spiro atoms. The Morgan fingerprint density at radius 3 is 2.50 bits per heavy atom. The first-order chi connectivity index (χ1) is 8.83. The molecule has 2 rings (SSSR count). The van der Waals surface area contributed by atoms with Crippen LogP contribution in [0.3, 0.4) is 0 Å². The van der Waals surface area contributed by atoms with Crippen LogP contribution in [0, 0.1) is 0 Å². The molecule has 0 atom stereocenters. The smallest absolute Gasteiger partial charge is 0.113 e. The van der Waals surface area contributed by atoms with E-state index in [0.717, 1.165) is 36.2 Å². The number of hydrogen-bond acceptors (Lipinski definition) is 4. The van der Waals surface area contributed by atoms with Crippen LogP contribution < -0.4 is 0 Å². The summed E-state index contributed by atoms with van der Waals surface area (Å²) in [6, 6.07) is 7.60. The number of rotatable bonds is 6. The van der Waals surface area contributed by atoms with Crippen LogP contribution in [0.2, 0.25) is 0 Å². The molecule has 0 saturated heterocycles. The number of unbranched alkanes of at least 4 members (excludes halogenated alkanes) is 1. The average Bonchev–Trinajstić information content (AvgIpc) is 2.88. The fraction of sp³-hybridized carbons (Fsp3) is 0.385. The number of aromatic nitrogens is 3. The van der Waals surface area contributed by atoms with Gasteiger partial charge < -0.3 is 10.2 Å². The highest BCUT2D eigenvalue weighted by molar-refractivity contribution is 5.57. The fourth-order valence-electron chi connectivity index (χ4n) is 1.71. The molecule has 0 aliphatic carbocycles. The van der Waals surface area contributed by atoms with Crippen molar-refractivity contribution >= 4 is 0 Å². The predicted molar refractivity (Wildman–Crippen MR) is 67.7 cm³/mol. The molecule has 0 radical (unpaired) electrons. The van der Waals surface area contributed by atoms with E-state index < -0.39 is 0 Å². The maximum Gasteiger partial charge on any atom is 0.113 e. The van der Waals surface area contributed by atoms with Gasteiger partial charge in [0.15, 0.2) is 0 Å². The van der Waals surface area contributed by atoms with Gasteiger partial charge in [-0.1, -0.05) is 29.5 Å². The van der Waals surface area contributed by atoms with E-state index >= 15 is 0 Å². The standard InChI is InChI=1S/C13H17N3O2/c17-8-2-1-7-16-9-13(14-15-16)12-5-3-11(10-18)4-6-12/h3-6,9,17-18H,1-2,7-8,10H2. The second-order valence-corrected chi connectivity index (χ2v) is 4.15. The van der Waals surface area contributed by atoms with Gasteiger partial charge in [-0.3, -0.25) is 4.68 Å². The number of aliphatic hydroxyl groups is 2. The largest absolute Gasteiger partial charge is 0.396 e. The lowest BCUT2D eigenvalue weighted by Crippen LogP contribution is -1.99. The molecule has 0 aliphatic rings. The van der Waals surface area contributed by atoms with Gasteiger partial charge in [-0.05, 0) is 18.4 Å². The monoisotopic (exact) mass is 247 g/mol. The van der Waals surface area contributed by atoms with Crippen molar-refractivity contribution in [3.63, 3.8) is 0 Å². The Morgan fingerprint density at radius 2 is 1.83 bits per heavy atom. The predicted octanol–water partition coefficient (Wildman–Crippen LogP) is 1.21. The van der Waals surface area contributed by atoms with E-state index in [1.54, 1.807) is 4.68 Å². The third-order valence-electron chi connectivity index (χ3n) is 2.77. The van der Waals surface area contributed by atoms with Gasteiger partial charge in [0.1, 0.15) is 5.69 Å². The molecule has 0 saturated carbocycles. The molecular weight excluding hydrogens is 230 g/mol. The Hall–Kier alpha value is -1.72. The highest BCUT2D eigenvalue weighted by Crippen LogP contribution is 2.16. The molecule has 0 bridgehead atoms. The van der Waals surface area contributed by atoms with Crippen LogP contribution in [-0.4, -0.2) is 31.8 Å². The van der Waals surface area contributed by atoms with Crippen molar-refractivity contribution in [3.05, 3.63) is 36.0 Å². The van der Waals surface area contributed by atoms with Crippen LogP contribution in [0.15, 0.2) is 30.5 Å². The number of hydrogen-bond donors (Lipinski definition) is 2. The molecule has 96 valence electrons. The Labute approximate surface area is 106 Å². The molecular formula is C13H17N3O2. The zero-order valence-electron chi connectivity index (χ0n) is 10.2. The normalized spacial score (nSPS) is 10.8. The van der Waals surface area contributed by atoms with Crippen LogP contribution >= 0.6 is 0 Å². The maximum atomic E-state index is 8.97. The summed E-state index contributed by atoms with van der Waals surface area (Å²) in [6.07, 6.45) is 3.56. The second-order valence-electron chi connectivity index (χ2n) is 4.15. The molecule has 2 aromatic rings. The lowest BCUT2D eigenvalue weighted by atomic mass is 10.1. The van der Waals surface area contributed by atoms with Crippen LogP contribution in [-0.2, 0) is 13.2 Å². The summed E-state index contributed by atoms with van der Waals surface area (Å²) < 4.78 is 1.78. The topological polar surface area (TPSA) is 71.2 Å². The molecule has 1 heterocycles. The summed E-state index contributed by atoms with van der Waals surface area (Å²) in [5.74, 6) is 0. The van der Waals surface area contributed by atoms with Crippen LogP contribution in [0.25, 0.3) is 11.3 Å². The van der Waals surface area contributed by atoms with Gasteiger partial charge in [0.2, 0.25) is 0 Å². The minimum Gasteiger partial charge on any atom is -0.396 e. The summed E-state index contributed by atoms with van der Waals surface area (Å²) >= 11 is 0. The Balaban J connectivity index is 2.04. The highest BCUT2D eigenvalue weighted by atomic mass is 16.3. The summed E-state index contributed by atoms with van der Waals surface area (Å²) in [5, 5.41) is 25.8. The van der Waals surface area contributed by atoms with E-state index in [1.807, 2.05) is 30.5 Å². The van der Waals surface area contributed by atoms with E-state index in [1.165, 1.54) is 0 Å². The third-order valence-corrected chi connectivity index (χ3v) is 2.77. The van der Waals surface area contributed by atoms with E-state index in [2.05, 4.69) is 10.3 Å². The summed E-state index contributed by atoms with van der Waals surface area (Å²) in [4.78, 5) is 0. The fourth-order valence-corrected chi connectivity index (χ4v) is 1.71. The molecule has 18 heavy (non-hydrogen) atoms. The Bertz CT molecular complexity index is 479. The number of nitrogens with zero attached hydrogens (tertiary/aromatic N) is 3. The van der Waals surface area contributed by atoms with E-state index in [-0.39, 0.29) is 13.2 Å². The van der Waals surface area contributed by atoms with Crippen molar-refractivity contribution in [2.45, 2.75) is 26.0 Å². The van der Waals surface area contributed by atoms with Crippen molar-refractivity contribution in [2.75, 3.05) is 6.61 Å².